The second-order valence-electron chi connectivity index (χ2n) is 3.38. The molecule has 1 rings (SSSR count). The number of aliphatic hydroxyl groups excluding tert-OH is 2. The molecule has 8 heteroatoms. The topological polar surface area (TPSA) is 110 Å². The number of methoxy groups -OCH3 is 1. The molecular weight excluding hydrogens is 249 g/mol. The van der Waals surface area contributed by atoms with E-state index in [1.54, 1.807) is 0 Å². The molecule has 0 radical (unpaired) electrons. The zero-order valence-electron chi connectivity index (χ0n) is 9.24. The Morgan fingerprint density at radius 3 is 2.61 bits per heavy atom. The molecule has 0 aliphatic heterocycles. The van der Waals surface area contributed by atoms with Crippen molar-refractivity contribution >= 4 is 11.7 Å². The van der Waals surface area contributed by atoms with Crippen molar-refractivity contribution in [3.63, 3.8) is 0 Å². The maximum absolute atomic E-state index is 13.0. The number of carbonyl (C=O) groups is 1. The van der Waals surface area contributed by atoms with E-state index in [-0.39, 0.29) is 5.56 Å². The molecule has 0 aromatic heterocycles. The first-order valence-electron chi connectivity index (χ1n) is 4.76. The van der Waals surface area contributed by atoms with Gasteiger partial charge in [-0.3, -0.25) is 10.1 Å². The van der Waals surface area contributed by atoms with Gasteiger partial charge in [0.15, 0.2) is 6.10 Å². The van der Waals surface area contributed by atoms with Gasteiger partial charge in [-0.05, 0) is 11.6 Å². The van der Waals surface area contributed by atoms with Gasteiger partial charge in [-0.1, -0.05) is 6.07 Å². The summed E-state index contributed by atoms with van der Waals surface area (Å²) in [5, 5.41) is 29.4. The van der Waals surface area contributed by atoms with E-state index in [0.29, 0.717) is 0 Å². The van der Waals surface area contributed by atoms with Gasteiger partial charge in [0.25, 0.3) is 0 Å². The predicted molar refractivity (Wildman–Crippen MR) is 56.0 cm³/mol. The lowest BCUT2D eigenvalue weighted by atomic mass is 10.0. The summed E-state index contributed by atoms with van der Waals surface area (Å²) in [7, 11) is 1.01. The van der Waals surface area contributed by atoms with Crippen LogP contribution in [0.5, 0.6) is 0 Å². The van der Waals surface area contributed by atoms with E-state index in [0.717, 1.165) is 25.3 Å². The fourth-order valence-electron chi connectivity index (χ4n) is 1.29. The van der Waals surface area contributed by atoms with Gasteiger partial charge in [0.2, 0.25) is 5.82 Å². The van der Waals surface area contributed by atoms with Crippen LogP contribution in [0.4, 0.5) is 10.1 Å². The van der Waals surface area contributed by atoms with Gasteiger partial charge in [0, 0.05) is 6.07 Å². The van der Waals surface area contributed by atoms with Crippen LogP contribution in [0, 0.1) is 15.9 Å². The highest BCUT2D eigenvalue weighted by Crippen LogP contribution is 2.24. The minimum absolute atomic E-state index is 0.166. The molecule has 0 bridgehead atoms. The summed E-state index contributed by atoms with van der Waals surface area (Å²) in [5.41, 5.74) is -1.02. The average Bonchev–Trinajstić information content (AvgIpc) is 2.36. The lowest BCUT2D eigenvalue weighted by Gasteiger charge is -2.15. The molecule has 2 N–H and O–H groups in total. The van der Waals surface area contributed by atoms with Gasteiger partial charge in [-0.2, -0.15) is 4.39 Å². The molecule has 2 unspecified atom stereocenters. The quantitative estimate of drug-likeness (QED) is 0.457. The van der Waals surface area contributed by atoms with Crippen LogP contribution in [0.15, 0.2) is 18.2 Å². The van der Waals surface area contributed by atoms with Crippen molar-refractivity contribution in [1.29, 1.82) is 0 Å². The molecule has 98 valence electrons. The molecule has 0 aliphatic rings. The van der Waals surface area contributed by atoms with E-state index >= 15 is 0 Å². The van der Waals surface area contributed by atoms with E-state index in [4.69, 9.17) is 0 Å². The normalized spacial score (nSPS) is 13.8. The van der Waals surface area contributed by atoms with E-state index < -0.39 is 34.6 Å². The number of nitro benzene ring substituents is 1. The van der Waals surface area contributed by atoms with E-state index in [1.807, 2.05) is 0 Å². The van der Waals surface area contributed by atoms with Gasteiger partial charge in [-0.15, -0.1) is 0 Å². The minimum atomic E-state index is -1.90. The minimum Gasteiger partial charge on any atom is -0.467 e. The summed E-state index contributed by atoms with van der Waals surface area (Å²) in [6, 6.07) is 2.53. The number of carbonyl (C=O) groups excluding carboxylic acids is 1. The first kappa shape index (κ1) is 14.0. The van der Waals surface area contributed by atoms with Crippen molar-refractivity contribution in [3.05, 3.63) is 39.7 Å². The highest BCUT2D eigenvalue weighted by molar-refractivity contribution is 5.75. The van der Waals surface area contributed by atoms with Crippen LogP contribution in [0.1, 0.15) is 11.7 Å². The van der Waals surface area contributed by atoms with E-state index in [2.05, 4.69) is 4.74 Å². The third kappa shape index (κ3) is 2.79. The van der Waals surface area contributed by atoms with Crippen LogP contribution in [0.3, 0.4) is 0 Å². The molecule has 1 aromatic carbocycles. The number of rotatable bonds is 4. The molecule has 0 heterocycles. The number of hydrogen-bond acceptors (Lipinski definition) is 6. The third-order valence-corrected chi connectivity index (χ3v) is 2.25. The monoisotopic (exact) mass is 259 g/mol. The molecule has 2 atom stereocenters. The van der Waals surface area contributed by atoms with Crippen molar-refractivity contribution in [3.8, 4) is 0 Å². The Morgan fingerprint density at radius 1 is 1.50 bits per heavy atom. The van der Waals surface area contributed by atoms with Gasteiger partial charge in [0.1, 0.15) is 6.10 Å². The van der Waals surface area contributed by atoms with Gasteiger partial charge < -0.3 is 14.9 Å². The van der Waals surface area contributed by atoms with Crippen LogP contribution < -0.4 is 0 Å². The van der Waals surface area contributed by atoms with Crippen molar-refractivity contribution in [2.24, 2.45) is 0 Å². The number of ether oxygens (including phenoxy) is 1. The number of hydrogen-bond donors (Lipinski definition) is 2. The first-order chi connectivity index (χ1) is 8.38. The smallest absolute Gasteiger partial charge is 0.337 e. The predicted octanol–water partition coefficient (Wildman–Crippen LogP) is 0.301. The molecule has 18 heavy (non-hydrogen) atoms. The van der Waals surface area contributed by atoms with Crippen molar-refractivity contribution < 1.29 is 29.1 Å². The maximum atomic E-state index is 13.0. The Hall–Kier alpha value is -2.06. The number of nitrogens with zero attached hydrogens (tertiary/aromatic N) is 1. The summed E-state index contributed by atoms with van der Waals surface area (Å²) in [6.45, 7) is 0. The highest BCUT2D eigenvalue weighted by Gasteiger charge is 2.28. The van der Waals surface area contributed by atoms with Crippen LogP contribution in [0.25, 0.3) is 0 Å². The number of nitro groups is 1. The zero-order valence-corrected chi connectivity index (χ0v) is 9.24. The standard InChI is InChI=1S/C10H10FNO6/c1-18-10(15)9(14)8(13)5-2-3-6(11)7(4-5)12(16)17/h2-4,8-9,13-14H,1H3. The summed E-state index contributed by atoms with van der Waals surface area (Å²) in [6.07, 6.45) is -3.64. The Labute approximate surface area is 101 Å². The molecule has 0 amide bonds. The van der Waals surface area contributed by atoms with E-state index in [1.165, 1.54) is 0 Å². The van der Waals surface area contributed by atoms with Gasteiger partial charge in [-0.25, -0.2) is 4.79 Å². The largest absolute Gasteiger partial charge is 0.467 e. The molecule has 7 nitrogen and oxygen atoms in total. The van der Waals surface area contributed by atoms with Crippen LogP contribution >= 0.6 is 0 Å². The Bertz CT molecular complexity index is 477. The fourth-order valence-corrected chi connectivity index (χ4v) is 1.29. The van der Waals surface area contributed by atoms with Gasteiger partial charge in [0.05, 0.1) is 12.0 Å². The molecule has 0 spiro atoms. The summed E-state index contributed by atoms with van der Waals surface area (Å²) in [5.74, 6) is -2.18. The number of halogens is 1. The SMILES string of the molecule is COC(=O)C(O)C(O)c1ccc(F)c([N+](=O)[O-])c1. The Morgan fingerprint density at radius 2 is 2.11 bits per heavy atom. The van der Waals surface area contributed by atoms with Crippen molar-refractivity contribution in [2.75, 3.05) is 7.11 Å². The first-order valence-corrected chi connectivity index (χ1v) is 4.76. The van der Waals surface area contributed by atoms with Crippen LogP contribution in [-0.4, -0.2) is 34.3 Å². The Kier molecular flexibility index (Phi) is 4.29. The highest BCUT2D eigenvalue weighted by atomic mass is 19.1. The fraction of sp³-hybridized carbons (Fsp3) is 0.300. The molecule has 0 fully saturated rings. The molecule has 1 aromatic rings. The average molecular weight is 259 g/mol. The Balaban J connectivity index is 3.07. The van der Waals surface area contributed by atoms with E-state index in [9.17, 15) is 29.5 Å². The van der Waals surface area contributed by atoms with Gasteiger partial charge >= 0.3 is 11.7 Å². The van der Waals surface area contributed by atoms with Crippen LogP contribution in [0.2, 0.25) is 0 Å². The molecule has 0 aliphatic carbocycles. The number of benzene rings is 1. The van der Waals surface area contributed by atoms with Crippen LogP contribution in [-0.2, 0) is 9.53 Å². The third-order valence-electron chi connectivity index (χ3n) is 2.25. The number of aliphatic hydroxyl groups is 2. The molecule has 0 saturated carbocycles. The maximum Gasteiger partial charge on any atom is 0.337 e. The summed E-state index contributed by atoms with van der Waals surface area (Å²) in [4.78, 5) is 20.5. The second kappa shape index (κ2) is 5.52. The zero-order chi connectivity index (χ0) is 13.9. The molecule has 0 saturated heterocycles. The lowest BCUT2D eigenvalue weighted by Crippen LogP contribution is -2.29. The number of esters is 1. The lowest BCUT2D eigenvalue weighted by molar-refractivity contribution is -0.387. The second-order valence-corrected chi connectivity index (χ2v) is 3.38. The molecular formula is C10H10FNO6. The summed E-state index contributed by atoms with van der Waals surface area (Å²) >= 11 is 0. The van der Waals surface area contributed by atoms with Crippen molar-refractivity contribution in [1.82, 2.24) is 0 Å². The van der Waals surface area contributed by atoms with Crippen molar-refractivity contribution in [2.45, 2.75) is 12.2 Å². The summed E-state index contributed by atoms with van der Waals surface area (Å²) < 4.78 is 17.2.